The molecule has 0 aromatic carbocycles. The van der Waals surface area contributed by atoms with E-state index in [4.69, 9.17) is 10.8 Å². The van der Waals surface area contributed by atoms with Crippen LogP contribution in [0, 0.1) is 5.92 Å². The Labute approximate surface area is 94.6 Å². The molecular formula is C11H18N2O3. The summed E-state index contributed by atoms with van der Waals surface area (Å²) in [6, 6.07) is 0. The highest BCUT2D eigenvalue weighted by Crippen LogP contribution is 2.33. The van der Waals surface area contributed by atoms with Crippen molar-refractivity contribution in [3.63, 3.8) is 0 Å². The lowest BCUT2D eigenvalue weighted by molar-refractivity contribution is -0.141. The third kappa shape index (κ3) is 2.19. The number of amides is 1. The number of aliphatic carboxylic acids is 1. The normalized spacial score (nSPS) is 27.6. The van der Waals surface area contributed by atoms with Crippen LogP contribution in [0.5, 0.6) is 0 Å². The first kappa shape index (κ1) is 11.4. The van der Waals surface area contributed by atoms with Gasteiger partial charge in [-0.25, -0.2) is 0 Å². The molecule has 1 saturated carbocycles. The second kappa shape index (κ2) is 4.05. The molecule has 90 valence electrons. The van der Waals surface area contributed by atoms with Gasteiger partial charge in [-0.3, -0.25) is 9.59 Å². The van der Waals surface area contributed by atoms with Gasteiger partial charge in [-0.15, -0.1) is 0 Å². The summed E-state index contributed by atoms with van der Waals surface area (Å²) in [5.41, 5.74) is 5.69. The Hall–Kier alpha value is -1.10. The van der Waals surface area contributed by atoms with Crippen molar-refractivity contribution < 1.29 is 14.7 Å². The smallest absolute Gasteiger partial charge is 0.308 e. The van der Waals surface area contributed by atoms with E-state index in [1.165, 1.54) is 0 Å². The zero-order chi connectivity index (χ0) is 11.8. The zero-order valence-electron chi connectivity index (χ0n) is 9.32. The minimum absolute atomic E-state index is 0.0194. The molecule has 1 aliphatic heterocycles. The van der Waals surface area contributed by atoms with E-state index >= 15 is 0 Å². The Kier molecular flexibility index (Phi) is 2.88. The summed E-state index contributed by atoms with van der Waals surface area (Å²) >= 11 is 0. The molecule has 2 fully saturated rings. The van der Waals surface area contributed by atoms with Crippen molar-refractivity contribution in [1.29, 1.82) is 0 Å². The first-order valence-corrected chi connectivity index (χ1v) is 5.80. The molecule has 3 N–H and O–H groups in total. The Morgan fingerprint density at radius 1 is 1.44 bits per heavy atom. The van der Waals surface area contributed by atoms with Gasteiger partial charge in [0.05, 0.1) is 5.92 Å². The highest BCUT2D eigenvalue weighted by atomic mass is 16.4. The number of nitrogens with two attached hydrogens (primary N) is 1. The van der Waals surface area contributed by atoms with E-state index in [9.17, 15) is 9.59 Å². The summed E-state index contributed by atoms with van der Waals surface area (Å²) in [5.74, 6) is -1.17. The fourth-order valence-corrected chi connectivity index (χ4v) is 2.41. The van der Waals surface area contributed by atoms with Gasteiger partial charge in [-0.2, -0.15) is 0 Å². The van der Waals surface area contributed by atoms with Crippen LogP contribution in [0.4, 0.5) is 0 Å². The summed E-state index contributed by atoms with van der Waals surface area (Å²) in [4.78, 5) is 24.3. The quantitative estimate of drug-likeness (QED) is 0.719. The van der Waals surface area contributed by atoms with E-state index in [-0.39, 0.29) is 17.4 Å². The van der Waals surface area contributed by atoms with Crippen LogP contribution in [0.3, 0.4) is 0 Å². The van der Waals surface area contributed by atoms with Crippen molar-refractivity contribution in [2.24, 2.45) is 11.7 Å². The van der Waals surface area contributed by atoms with Crippen LogP contribution in [0.1, 0.15) is 32.1 Å². The maximum atomic E-state index is 11.9. The summed E-state index contributed by atoms with van der Waals surface area (Å²) in [6.45, 7) is 0.913. The second-order valence-electron chi connectivity index (χ2n) is 5.06. The average Bonchev–Trinajstić information content (AvgIpc) is 2.64. The molecule has 5 nitrogen and oxygen atoms in total. The van der Waals surface area contributed by atoms with E-state index in [1.54, 1.807) is 4.90 Å². The molecule has 2 aliphatic rings. The minimum Gasteiger partial charge on any atom is -0.481 e. The van der Waals surface area contributed by atoms with Gasteiger partial charge in [0.2, 0.25) is 5.91 Å². The molecule has 0 bridgehead atoms. The molecule has 2 rings (SSSR count). The minimum atomic E-state index is -0.804. The first-order chi connectivity index (χ1) is 7.50. The number of hydrogen-bond donors (Lipinski definition) is 2. The van der Waals surface area contributed by atoms with Crippen molar-refractivity contribution in [2.45, 2.75) is 37.6 Å². The van der Waals surface area contributed by atoms with Crippen molar-refractivity contribution >= 4 is 11.9 Å². The van der Waals surface area contributed by atoms with Crippen molar-refractivity contribution in [3.05, 3.63) is 0 Å². The number of likely N-dealkylation sites (tertiary alicyclic amines) is 1. The molecule has 1 aliphatic carbocycles. The van der Waals surface area contributed by atoms with Crippen LogP contribution in [0.2, 0.25) is 0 Å². The Balaban J connectivity index is 1.84. The van der Waals surface area contributed by atoms with Crippen molar-refractivity contribution in [2.75, 3.05) is 13.1 Å². The van der Waals surface area contributed by atoms with Crippen LogP contribution in [-0.2, 0) is 9.59 Å². The zero-order valence-corrected chi connectivity index (χ0v) is 9.32. The highest BCUT2D eigenvalue weighted by molar-refractivity contribution is 5.79. The third-order valence-corrected chi connectivity index (χ3v) is 3.74. The van der Waals surface area contributed by atoms with Crippen LogP contribution in [0.25, 0.3) is 0 Å². The Morgan fingerprint density at radius 2 is 2.12 bits per heavy atom. The lowest BCUT2D eigenvalue weighted by Crippen LogP contribution is -2.50. The fourth-order valence-electron chi connectivity index (χ4n) is 2.41. The highest BCUT2D eigenvalue weighted by Gasteiger charge is 2.38. The lowest BCUT2D eigenvalue weighted by atomic mass is 9.75. The van der Waals surface area contributed by atoms with E-state index in [0.717, 1.165) is 19.3 Å². The molecule has 1 heterocycles. The number of hydrogen-bond acceptors (Lipinski definition) is 3. The fraction of sp³-hybridized carbons (Fsp3) is 0.818. The monoisotopic (exact) mass is 226 g/mol. The summed E-state index contributed by atoms with van der Waals surface area (Å²) in [5, 5.41) is 8.84. The van der Waals surface area contributed by atoms with Gasteiger partial charge in [0.15, 0.2) is 0 Å². The van der Waals surface area contributed by atoms with Gasteiger partial charge in [0.25, 0.3) is 0 Å². The largest absolute Gasteiger partial charge is 0.481 e. The van der Waals surface area contributed by atoms with E-state index in [1.807, 2.05) is 0 Å². The maximum Gasteiger partial charge on any atom is 0.308 e. The van der Waals surface area contributed by atoms with E-state index < -0.39 is 5.97 Å². The third-order valence-electron chi connectivity index (χ3n) is 3.74. The Bertz CT molecular complexity index is 312. The van der Waals surface area contributed by atoms with Gasteiger partial charge in [-0.1, -0.05) is 0 Å². The summed E-state index contributed by atoms with van der Waals surface area (Å²) in [6.07, 6.45) is 3.86. The first-order valence-electron chi connectivity index (χ1n) is 5.80. The van der Waals surface area contributed by atoms with Crippen molar-refractivity contribution in [1.82, 2.24) is 4.90 Å². The van der Waals surface area contributed by atoms with Gasteiger partial charge in [-0.05, 0) is 25.7 Å². The number of carbonyl (C=O) groups is 2. The molecule has 0 radical (unpaired) electrons. The Morgan fingerprint density at radius 3 is 2.56 bits per heavy atom. The molecule has 1 atom stereocenters. The predicted octanol–water partition coefficient (Wildman–Crippen LogP) is 0.191. The number of carbonyl (C=O) groups excluding carboxylic acids is 1. The predicted molar refractivity (Wildman–Crippen MR) is 57.7 cm³/mol. The average molecular weight is 226 g/mol. The summed E-state index contributed by atoms with van der Waals surface area (Å²) in [7, 11) is 0. The maximum absolute atomic E-state index is 11.9. The van der Waals surface area contributed by atoms with Gasteiger partial charge in [0, 0.05) is 25.0 Å². The molecule has 0 aromatic heterocycles. The van der Waals surface area contributed by atoms with Crippen LogP contribution in [0.15, 0.2) is 0 Å². The molecule has 1 saturated heterocycles. The number of carboxylic acids is 1. The van der Waals surface area contributed by atoms with Crippen LogP contribution >= 0.6 is 0 Å². The molecule has 16 heavy (non-hydrogen) atoms. The molecule has 1 amide bonds. The lowest BCUT2D eigenvalue weighted by Gasteiger charge is -2.38. The standard InChI is InChI=1S/C11H18N2O3/c12-11(3-1-4-11)6-9(14)13-5-2-8(7-13)10(15)16/h8H,1-7,12H2,(H,15,16). The summed E-state index contributed by atoms with van der Waals surface area (Å²) < 4.78 is 0. The molecule has 0 aromatic rings. The number of rotatable bonds is 3. The molecular weight excluding hydrogens is 208 g/mol. The number of nitrogens with zero attached hydrogens (tertiary/aromatic N) is 1. The van der Waals surface area contributed by atoms with Gasteiger partial charge in [0.1, 0.15) is 0 Å². The topological polar surface area (TPSA) is 83.6 Å². The molecule has 5 heteroatoms. The number of carboxylic acid groups (broad SMARTS) is 1. The molecule has 1 unspecified atom stereocenters. The second-order valence-corrected chi connectivity index (χ2v) is 5.06. The molecule has 0 spiro atoms. The van der Waals surface area contributed by atoms with Gasteiger partial charge >= 0.3 is 5.97 Å². The van der Waals surface area contributed by atoms with Crippen LogP contribution in [-0.4, -0.2) is 40.5 Å². The van der Waals surface area contributed by atoms with E-state index in [0.29, 0.717) is 25.9 Å². The van der Waals surface area contributed by atoms with Crippen LogP contribution < -0.4 is 5.73 Å². The SMILES string of the molecule is NC1(CC(=O)N2CCC(C(=O)O)C2)CCC1. The van der Waals surface area contributed by atoms with Crippen molar-refractivity contribution in [3.8, 4) is 0 Å². The van der Waals surface area contributed by atoms with Gasteiger partial charge < -0.3 is 15.7 Å². The van der Waals surface area contributed by atoms with E-state index in [2.05, 4.69) is 0 Å².